The lowest BCUT2D eigenvalue weighted by Gasteiger charge is -2.30. The van der Waals surface area contributed by atoms with Crippen molar-refractivity contribution >= 4 is 46.5 Å². The van der Waals surface area contributed by atoms with Crippen molar-refractivity contribution in [3.8, 4) is 17.3 Å². The number of likely N-dealkylation sites (tertiary alicyclic amines) is 1. The third-order valence-electron chi connectivity index (χ3n) is 5.75. The number of furan rings is 1. The Morgan fingerprint density at radius 2 is 1.97 bits per heavy atom. The molecule has 0 spiro atoms. The molecule has 5 rings (SSSR count). The first kappa shape index (κ1) is 23.6. The lowest BCUT2D eigenvalue weighted by Crippen LogP contribution is -2.41. The number of halogens is 1. The van der Waals surface area contributed by atoms with Crippen molar-refractivity contribution < 1.29 is 14.0 Å². The van der Waals surface area contributed by atoms with Gasteiger partial charge < -0.3 is 15.1 Å². The third kappa shape index (κ3) is 4.97. The Kier molecular flexibility index (Phi) is 6.89. The van der Waals surface area contributed by atoms with E-state index in [-0.39, 0.29) is 17.7 Å². The molecule has 4 aromatic rings. The maximum Gasteiger partial charge on any atom is 0.273 e. The molecule has 1 aliphatic rings. The summed E-state index contributed by atoms with van der Waals surface area (Å²) in [6.07, 6.45) is 2.76. The number of benzene rings is 1. The van der Waals surface area contributed by atoms with Gasteiger partial charge in [-0.3, -0.25) is 14.2 Å². The predicted molar refractivity (Wildman–Crippen MR) is 134 cm³/mol. The maximum atomic E-state index is 12.9. The number of carbonyl (C=O) groups excluding carboxylic acids is 2. The zero-order valence-electron chi connectivity index (χ0n) is 18.5. The van der Waals surface area contributed by atoms with E-state index in [0.717, 1.165) is 10.7 Å². The van der Waals surface area contributed by atoms with Crippen LogP contribution in [0.15, 0.2) is 57.6 Å². The van der Waals surface area contributed by atoms with Crippen molar-refractivity contribution in [2.24, 2.45) is 11.7 Å². The number of nitrogens with zero attached hydrogens (tertiary/aromatic N) is 5. The fourth-order valence-electron chi connectivity index (χ4n) is 3.91. The summed E-state index contributed by atoms with van der Waals surface area (Å²) in [7, 11) is 0. The van der Waals surface area contributed by atoms with Gasteiger partial charge >= 0.3 is 0 Å². The Labute approximate surface area is 214 Å². The van der Waals surface area contributed by atoms with Crippen molar-refractivity contribution in [1.82, 2.24) is 24.6 Å². The van der Waals surface area contributed by atoms with Gasteiger partial charge in [-0.15, -0.1) is 21.5 Å². The number of aromatic nitrogens is 4. The molecule has 1 aromatic carbocycles. The quantitative estimate of drug-likeness (QED) is 0.356. The normalized spacial score (nSPS) is 14.4. The summed E-state index contributed by atoms with van der Waals surface area (Å²) in [5.41, 5.74) is 6.54. The zero-order valence-corrected chi connectivity index (χ0v) is 20.9. The first-order valence-electron chi connectivity index (χ1n) is 10.9. The number of thioether (sulfide) groups is 1. The van der Waals surface area contributed by atoms with E-state index in [1.165, 1.54) is 23.1 Å². The lowest BCUT2D eigenvalue weighted by molar-refractivity contribution is -0.123. The van der Waals surface area contributed by atoms with Crippen LogP contribution in [0.4, 0.5) is 0 Å². The number of hydrogen-bond donors (Lipinski definition) is 1. The highest BCUT2D eigenvalue weighted by Gasteiger charge is 2.27. The Morgan fingerprint density at radius 3 is 2.69 bits per heavy atom. The number of primary amides is 1. The minimum absolute atomic E-state index is 0.125. The van der Waals surface area contributed by atoms with Crippen LogP contribution >= 0.6 is 34.7 Å². The van der Waals surface area contributed by atoms with E-state index in [9.17, 15) is 9.59 Å². The van der Waals surface area contributed by atoms with Crippen molar-refractivity contribution in [3.63, 3.8) is 0 Å². The van der Waals surface area contributed by atoms with Crippen LogP contribution in [0.2, 0.25) is 5.02 Å². The van der Waals surface area contributed by atoms with E-state index in [1.54, 1.807) is 22.6 Å². The SMILES string of the molecule is NC(=O)C1CCN(C(=O)c2csc(CSc3nnc(-c4ccco4)n3-c3ccccc3Cl)n2)CC1. The third-order valence-corrected chi connectivity index (χ3v) is 8.04. The molecule has 0 aliphatic carbocycles. The van der Waals surface area contributed by atoms with Crippen LogP contribution in [-0.2, 0) is 10.5 Å². The Morgan fingerprint density at radius 1 is 1.17 bits per heavy atom. The number of piperidine rings is 1. The van der Waals surface area contributed by atoms with Crippen LogP contribution in [-0.4, -0.2) is 49.6 Å². The summed E-state index contributed by atoms with van der Waals surface area (Å²) in [6, 6.07) is 11.1. The Balaban J connectivity index is 1.32. The van der Waals surface area contributed by atoms with Gasteiger partial charge in [0, 0.05) is 24.4 Å². The fourth-order valence-corrected chi connectivity index (χ4v) is 5.86. The molecule has 1 fully saturated rings. The van der Waals surface area contributed by atoms with Crippen molar-refractivity contribution in [2.45, 2.75) is 23.8 Å². The summed E-state index contributed by atoms with van der Waals surface area (Å²) in [4.78, 5) is 30.5. The van der Waals surface area contributed by atoms with E-state index in [1.807, 2.05) is 34.9 Å². The molecule has 2 N–H and O–H groups in total. The second-order valence-corrected chi connectivity index (χ2v) is 10.2. The smallest absolute Gasteiger partial charge is 0.273 e. The summed E-state index contributed by atoms with van der Waals surface area (Å²) in [5.74, 6) is 1.03. The largest absolute Gasteiger partial charge is 0.461 e. The number of rotatable bonds is 7. The Hall–Kier alpha value is -3.15. The molecule has 0 bridgehead atoms. The van der Waals surface area contributed by atoms with Gasteiger partial charge in [0.05, 0.1) is 22.7 Å². The molecule has 180 valence electrons. The van der Waals surface area contributed by atoms with Gasteiger partial charge in [-0.05, 0) is 37.1 Å². The highest BCUT2D eigenvalue weighted by Crippen LogP contribution is 2.33. The molecule has 4 heterocycles. The molecule has 0 unspecified atom stereocenters. The van der Waals surface area contributed by atoms with Crippen LogP contribution in [0.5, 0.6) is 0 Å². The number of carbonyl (C=O) groups is 2. The van der Waals surface area contributed by atoms with Crippen LogP contribution in [0.3, 0.4) is 0 Å². The molecule has 35 heavy (non-hydrogen) atoms. The van der Waals surface area contributed by atoms with Crippen LogP contribution < -0.4 is 5.73 Å². The molecule has 1 saturated heterocycles. The highest BCUT2D eigenvalue weighted by atomic mass is 35.5. The van der Waals surface area contributed by atoms with Gasteiger partial charge in [0.2, 0.25) is 11.7 Å². The molecule has 0 saturated carbocycles. The summed E-state index contributed by atoms with van der Waals surface area (Å²) in [5, 5.41) is 12.4. The van der Waals surface area contributed by atoms with E-state index >= 15 is 0 Å². The standard InChI is InChI=1S/C23H21ClN6O3S2/c24-15-4-1-2-5-17(15)30-21(18-6-3-11-33-18)27-28-23(30)35-13-19-26-16(12-34-19)22(32)29-9-7-14(8-10-29)20(25)31/h1-6,11-12,14H,7-10,13H2,(H2,25,31). The van der Waals surface area contributed by atoms with E-state index in [2.05, 4.69) is 15.2 Å². The molecule has 0 radical (unpaired) electrons. The second kappa shape index (κ2) is 10.2. The van der Waals surface area contributed by atoms with Gasteiger partial charge in [0.1, 0.15) is 10.7 Å². The first-order valence-corrected chi connectivity index (χ1v) is 13.2. The number of amides is 2. The number of thiazole rings is 1. The summed E-state index contributed by atoms with van der Waals surface area (Å²) in [6.45, 7) is 1.01. The number of hydrogen-bond acceptors (Lipinski definition) is 8. The average Bonchev–Trinajstić information content (AvgIpc) is 3.63. The van der Waals surface area contributed by atoms with Crippen molar-refractivity contribution in [1.29, 1.82) is 0 Å². The van der Waals surface area contributed by atoms with Crippen LogP contribution in [0.25, 0.3) is 17.3 Å². The van der Waals surface area contributed by atoms with Gasteiger partial charge in [-0.25, -0.2) is 4.98 Å². The minimum atomic E-state index is -0.301. The minimum Gasteiger partial charge on any atom is -0.461 e. The zero-order chi connectivity index (χ0) is 24.4. The van der Waals surface area contributed by atoms with E-state index < -0.39 is 0 Å². The fraction of sp³-hybridized carbons (Fsp3) is 0.261. The van der Waals surface area contributed by atoms with E-state index in [4.69, 9.17) is 21.8 Å². The van der Waals surface area contributed by atoms with Crippen molar-refractivity contribution in [2.75, 3.05) is 13.1 Å². The van der Waals surface area contributed by atoms with Gasteiger partial charge in [0.25, 0.3) is 5.91 Å². The molecule has 12 heteroatoms. The molecule has 9 nitrogen and oxygen atoms in total. The number of para-hydroxylation sites is 1. The van der Waals surface area contributed by atoms with E-state index in [0.29, 0.717) is 59.1 Å². The second-order valence-electron chi connectivity index (χ2n) is 7.95. The summed E-state index contributed by atoms with van der Waals surface area (Å²) >= 11 is 9.35. The van der Waals surface area contributed by atoms with Gasteiger partial charge in [0.15, 0.2) is 10.9 Å². The molecule has 2 amide bonds. The maximum absolute atomic E-state index is 12.9. The lowest BCUT2D eigenvalue weighted by atomic mass is 9.96. The highest BCUT2D eigenvalue weighted by molar-refractivity contribution is 7.98. The molecule has 1 aliphatic heterocycles. The van der Waals surface area contributed by atoms with Crippen molar-refractivity contribution in [3.05, 3.63) is 63.8 Å². The van der Waals surface area contributed by atoms with Crippen LogP contribution in [0.1, 0.15) is 28.3 Å². The topological polar surface area (TPSA) is 120 Å². The monoisotopic (exact) mass is 528 g/mol. The molecule has 0 atom stereocenters. The average molecular weight is 529 g/mol. The first-order chi connectivity index (χ1) is 17.0. The van der Waals surface area contributed by atoms with Crippen LogP contribution in [0, 0.1) is 5.92 Å². The Bertz CT molecular complexity index is 1340. The van der Waals surface area contributed by atoms with Gasteiger partial charge in [-0.2, -0.15) is 0 Å². The van der Waals surface area contributed by atoms with Gasteiger partial charge in [-0.1, -0.05) is 35.5 Å². The molecular formula is C23H21ClN6O3S2. The molecule has 3 aromatic heterocycles. The summed E-state index contributed by atoms with van der Waals surface area (Å²) < 4.78 is 7.41. The molecular weight excluding hydrogens is 508 g/mol. The predicted octanol–water partition coefficient (Wildman–Crippen LogP) is 4.27. The number of nitrogens with two attached hydrogens (primary N) is 1.